The Balaban J connectivity index is 2.03. The van der Waals surface area contributed by atoms with Crippen LogP contribution in [0.3, 0.4) is 0 Å². The molecule has 0 radical (unpaired) electrons. The standard InChI is InChI=1S/C13H11BrN2O2S/c14-12-3-1-10(19-12)2-4-13(18)16-11-7-15-6-5-9(11)8-17/h1-7,17H,8H2,(H,16,18)/b4-2+. The molecule has 0 bridgehead atoms. The molecular weight excluding hydrogens is 328 g/mol. The van der Waals surface area contributed by atoms with E-state index in [-0.39, 0.29) is 12.5 Å². The van der Waals surface area contributed by atoms with Crippen LogP contribution in [-0.2, 0) is 11.4 Å². The molecular formula is C13H11BrN2O2S. The van der Waals surface area contributed by atoms with E-state index >= 15 is 0 Å². The highest BCUT2D eigenvalue weighted by atomic mass is 79.9. The fraction of sp³-hybridized carbons (Fsp3) is 0.0769. The minimum absolute atomic E-state index is 0.139. The van der Waals surface area contributed by atoms with Crippen LogP contribution in [0, 0.1) is 0 Å². The average molecular weight is 339 g/mol. The van der Waals surface area contributed by atoms with Gasteiger partial charge in [0.2, 0.25) is 5.91 Å². The second-order valence-electron chi connectivity index (χ2n) is 3.66. The van der Waals surface area contributed by atoms with Crippen LogP contribution < -0.4 is 5.32 Å². The highest BCUT2D eigenvalue weighted by molar-refractivity contribution is 9.11. The van der Waals surface area contributed by atoms with Gasteiger partial charge in [-0.25, -0.2) is 0 Å². The maximum Gasteiger partial charge on any atom is 0.248 e. The molecule has 0 spiro atoms. The highest BCUT2D eigenvalue weighted by Gasteiger charge is 2.03. The zero-order valence-corrected chi connectivity index (χ0v) is 12.2. The van der Waals surface area contributed by atoms with Crippen molar-refractivity contribution >= 4 is 44.9 Å². The van der Waals surface area contributed by atoms with E-state index in [1.165, 1.54) is 12.3 Å². The van der Waals surface area contributed by atoms with E-state index in [2.05, 4.69) is 26.2 Å². The predicted molar refractivity (Wildman–Crippen MR) is 79.8 cm³/mol. The SMILES string of the molecule is O=C(/C=C/c1ccc(Br)s1)Nc1cnccc1CO. The Bertz CT molecular complexity index is 610. The fourth-order valence-electron chi connectivity index (χ4n) is 1.42. The summed E-state index contributed by atoms with van der Waals surface area (Å²) in [5.41, 5.74) is 1.16. The van der Waals surface area contributed by atoms with Crippen LogP contribution in [0.2, 0.25) is 0 Å². The van der Waals surface area contributed by atoms with Gasteiger partial charge in [0.05, 0.1) is 22.3 Å². The summed E-state index contributed by atoms with van der Waals surface area (Å²) in [6.07, 6.45) is 6.27. The van der Waals surface area contributed by atoms with Crippen LogP contribution in [0.4, 0.5) is 5.69 Å². The number of hydrogen-bond donors (Lipinski definition) is 2. The van der Waals surface area contributed by atoms with E-state index in [1.807, 2.05) is 12.1 Å². The van der Waals surface area contributed by atoms with Crippen molar-refractivity contribution in [1.82, 2.24) is 4.98 Å². The molecule has 0 fully saturated rings. The molecule has 2 aromatic heterocycles. The quantitative estimate of drug-likeness (QED) is 0.842. The zero-order valence-electron chi connectivity index (χ0n) is 9.84. The molecule has 2 heterocycles. The molecule has 4 nitrogen and oxygen atoms in total. The van der Waals surface area contributed by atoms with Crippen molar-refractivity contribution in [3.63, 3.8) is 0 Å². The zero-order chi connectivity index (χ0) is 13.7. The summed E-state index contributed by atoms with van der Waals surface area (Å²) >= 11 is 4.90. The Morgan fingerprint density at radius 2 is 2.32 bits per heavy atom. The number of anilines is 1. The number of rotatable bonds is 4. The van der Waals surface area contributed by atoms with Crippen molar-refractivity contribution in [2.45, 2.75) is 6.61 Å². The minimum atomic E-state index is -0.257. The van der Waals surface area contributed by atoms with E-state index in [4.69, 9.17) is 5.11 Å². The number of halogens is 1. The van der Waals surface area contributed by atoms with Crippen LogP contribution in [0.25, 0.3) is 6.08 Å². The smallest absolute Gasteiger partial charge is 0.248 e. The third kappa shape index (κ3) is 3.99. The molecule has 0 aromatic carbocycles. The first-order valence-electron chi connectivity index (χ1n) is 5.47. The fourth-order valence-corrected chi connectivity index (χ4v) is 2.75. The Morgan fingerprint density at radius 1 is 1.47 bits per heavy atom. The van der Waals surface area contributed by atoms with E-state index in [0.29, 0.717) is 11.3 Å². The van der Waals surface area contributed by atoms with Crippen molar-refractivity contribution in [2.75, 3.05) is 5.32 Å². The molecule has 0 saturated carbocycles. The van der Waals surface area contributed by atoms with Crippen LogP contribution >= 0.6 is 27.3 Å². The number of amides is 1. The van der Waals surface area contributed by atoms with Gasteiger partial charge in [-0.3, -0.25) is 9.78 Å². The molecule has 2 N–H and O–H groups in total. The molecule has 0 aliphatic heterocycles. The lowest BCUT2D eigenvalue weighted by molar-refractivity contribution is -0.111. The number of aromatic nitrogens is 1. The summed E-state index contributed by atoms with van der Waals surface area (Å²) in [4.78, 5) is 16.6. The molecule has 2 rings (SSSR count). The van der Waals surface area contributed by atoms with Crippen molar-refractivity contribution in [3.05, 3.63) is 50.9 Å². The number of nitrogens with one attached hydrogen (secondary N) is 1. The molecule has 2 aromatic rings. The monoisotopic (exact) mass is 338 g/mol. The van der Waals surface area contributed by atoms with E-state index in [9.17, 15) is 4.79 Å². The lowest BCUT2D eigenvalue weighted by Crippen LogP contribution is -2.10. The van der Waals surface area contributed by atoms with Gasteiger partial charge >= 0.3 is 0 Å². The van der Waals surface area contributed by atoms with Gasteiger partial charge in [0.15, 0.2) is 0 Å². The maximum absolute atomic E-state index is 11.7. The van der Waals surface area contributed by atoms with Crippen LogP contribution in [0.5, 0.6) is 0 Å². The summed E-state index contributed by atoms with van der Waals surface area (Å²) < 4.78 is 1.02. The number of hydrogen-bond acceptors (Lipinski definition) is 4. The number of aliphatic hydroxyl groups is 1. The second kappa shape index (κ2) is 6.60. The van der Waals surface area contributed by atoms with Crippen LogP contribution in [-0.4, -0.2) is 16.0 Å². The van der Waals surface area contributed by atoms with E-state index in [0.717, 1.165) is 8.66 Å². The molecule has 0 aliphatic rings. The van der Waals surface area contributed by atoms with Gasteiger partial charge < -0.3 is 10.4 Å². The van der Waals surface area contributed by atoms with Gasteiger partial charge in [-0.05, 0) is 40.2 Å². The molecule has 0 atom stereocenters. The Labute approximate surface area is 122 Å². The molecule has 6 heteroatoms. The summed E-state index contributed by atoms with van der Waals surface area (Å²) in [5.74, 6) is -0.257. The molecule has 98 valence electrons. The van der Waals surface area contributed by atoms with Crippen molar-refractivity contribution < 1.29 is 9.90 Å². The first kappa shape index (κ1) is 13.9. The molecule has 0 saturated heterocycles. The van der Waals surface area contributed by atoms with Gasteiger partial charge in [0.25, 0.3) is 0 Å². The van der Waals surface area contributed by atoms with Crippen LogP contribution in [0.15, 0.2) is 40.5 Å². The van der Waals surface area contributed by atoms with Crippen LogP contribution in [0.1, 0.15) is 10.4 Å². The highest BCUT2D eigenvalue weighted by Crippen LogP contribution is 2.23. The van der Waals surface area contributed by atoms with Crippen molar-refractivity contribution in [2.24, 2.45) is 0 Å². The summed E-state index contributed by atoms with van der Waals surface area (Å²) in [6, 6.07) is 5.50. The lowest BCUT2D eigenvalue weighted by atomic mass is 10.2. The molecule has 19 heavy (non-hydrogen) atoms. The Morgan fingerprint density at radius 3 is 3.00 bits per heavy atom. The molecule has 1 amide bonds. The average Bonchev–Trinajstić information content (AvgIpc) is 2.83. The normalized spacial score (nSPS) is 10.8. The summed E-state index contributed by atoms with van der Waals surface area (Å²) in [7, 11) is 0. The number of thiophene rings is 1. The molecule has 0 unspecified atom stereocenters. The third-order valence-electron chi connectivity index (χ3n) is 2.33. The topological polar surface area (TPSA) is 62.2 Å². The maximum atomic E-state index is 11.7. The van der Waals surface area contributed by atoms with Crippen molar-refractivity contribution in [1.29, 1.82) is 0 Å². The number of carbonyl (C=O) groups excluding carboxylic acids is 1. The first-order chi connectivity index (χ1) is 9.19. The van der Waals surface area contributed by atoms with Gasteiger partial charge in [0, 0.05) is 22.7 Å². The number of nitrogens with zero attached hydrogens (tertiary/aromatic N) is 1. The first-order valence-corrected chi connectivity index (χ1v) is 7.08. The van der Waals surface area contributed by atoms with Gasteiger partial charge in [-0.2, -0.15) is 0 Å². The predicted octanol–water partition coefficient (Wildman–Crippen LogP) is 3.05. The Hall–Kier alpha value is -1.50. The van der Waals surface area contributed by atoms with Crippen molar-refractivity contribution in [3.8, 4) is 0 Å². The van der Waals surface area contributed by atoms with E-state index in [1.54, 1.807) is 29.7 Å². The van der Waals surface area contributed by atoms with Gasteiger partial charge in [-0.15, -0.1) is 11.3 Å². The summed E-state index contributed by atoms with van der Waals surface area (Å²) in [5, 5.41) is 11.8. The Kier molecular flexibility index (Phi) is 4.84. The number of aliphatic hydroxyl groups excluding tert-OH is 1. The second-order valence-corrected chi connectivity index (χ2v) is 6.15. The lowest BCUT2D eigenvalue weighted by Gasteiger charge is -2.06. The third-order valence-corrected chi connectivity index (χ3v) is 3.92. The minimum Gasteiger partial charge on any atom is -0.392 e. The number of pyridine rings is 1. The summed E-state index contributed by atoms with van der Waals surface area (Å²) in [6.45, 7) is -0.139. The van der Waals surface area contributed by atoms with Gasteiger partial charge in [-0.1, -0.05) is 0 Å². The van der Waals surface area contributed by atoms with E-state index < -0.39 is 0 Å². The van der Waals surface area contributed by atoms with Gasteiger partial charge in [0.1, 0.15) is 0 Å². The molecule has 0 aliphatic carbocycles. The number of carbonyl (C=O) groups is 1. The largest absolute Gasteiger partial charge is 0.392 e.